The molecular formula is C18H21N5O5S. The second kappa shape index (κ2) is 6.82. The first kappa shape index (κ1) is 18.6. The molecule has 3 aromatic rings. The molecule has 2 aliphatic rings. The van der Waals surface area contributed by atoms with E-state index in [1.54, 1.807) is 0 Å². The molecular weight excluding hydrogens is 398 g/mol. The minimum absolute atomic E-state index is 0.170. The number of rotatable bonds is 3. The first-order valence-electron chi connectivity index (χ1n) is 9.36. The predicted octanol–water partition coefficient (Wildman–Crippen LogP) is 1.22. The predicted molar refractivity (Wildman–Crippen MR) is 108 cm³/mol. The van der Waals surface area contributed by atoms with Crippen LogP contribution in [0.3, 0.4) is 0 Å². The van der Waals surface area contributed by atoms with E-state index in [0.717, 1.165) is 25.1 Å². The second-order valence-corrected chi connectivity index (χ2v) is 9.61. The maximum Gasteiger partial charge on any atom is 0.334 e. The van der Waals surface area contributed by atoms with Crippen LogP contribution in [-0.4, -0.2) is 64.4 Å². The first-order chi connectivity index (χ1) is 13.9. The molecule has 0 radical (unpaired) electrons. The first-order valence-corrected chi connectivity index (χ1v) is 11.0. The van der Waals surface area contributed by atoms with E-state index in [1.807, 2.05) is 22.5 Å². The molecule has 3 N–H and O–H groups in total. The molecule has 1 unspecified atom stereocenters. The van der Waals surface area contributed by atoms with Gasteiger partial charge in [-0.25, -0.2) is 13.7 Å². The largest absolute Gasteiger partial charge is 0.354 e. The lowest BCUT2D eigenvalue weighted by Crippen LogP contribution is -2.49. The average molecular weight is 419 g/mol. The van der Waals surface area contributed by atoms with E-state index in [9.17, 15) is 18.7 Å². The minimum Gasteiger partial charge on any atom is -0.354 e. The standard InChI is InChI=1S/C18H21N5O5S/c24-16-3-5-22(18(25)19-16)17-14-9-12(1-2-15(14)28-20-17)10-21-6-7-23-13(11-21)4-8-29(23,26)27/h1-3,5,9,13,26-27H,4,6-8,10-11H2,(H,19,24,25). The maximum absolute atomic E-state index is 12.1. The quantitative estimate of drug-likeness (QED) is 0.578. The fraction of sp³-hybridized carbons (Fsp3) is 0.389. The summed E-state index contributed by atoms with van der Waals surface area (Å²) in [5.41, 5.74) is 0.547. The van der Waals surface area contributed by atoms with E-state index in [0.29, 0.717) is 35.6 Å². The number of nitrogens with one attached hydrogen (secondary N) is 1. The molecule has 10 nitrogen and oxygen atoms in total. The summed E-state index contributed by atoms with van der Waals surface area (Å²) >= 11 is 0. The highest BCUT2D eigenvalue weighted by atomic mass is 32.3. The normalized spacial score (nSPS) is 23.3. The van der Waals surface area contributed by atoms with E-state index >= 15 is 0 Å². The third-order valence-electron chi connectivity index (χ3n) is 5.59. The van der Waals surface area contributed by atoms with Crippen molar-refractivity contribution in [3.8, 4) is 5.82 Å². The number of aromatic nitrogens is 3. The van der Waals surface area contributed by atoms with Gasteiger partial charge in [0, 0.05) is 44.5 Å². The van der Waals surface area contributed by atoms with E-state index in [4.69, 9.17) is 4.52 Å². The van der Waals surface area contributed by atoms with Crippen LogP contribution in [0.15, 0.2) is 44.6 Å². The Hall–Kier alpha value is -2.44. The Morgan fingerprint density at radius 1 is 1.24 bits per heavy atom. The zero-order chi connectivity index (χ0) is 20.2. The average Bonchev–Trinajstić information content (AvgIpc) is 3.22. The van der Waals surface area contributed by atoms with Crippen molar-refractivity contribution >= 4 is 21.7 Å². The zero-order valence-electron chi connectivity index (χ0n) is 15.5. The lowest BCUT2D eigenvalue weighted by Gasteiger charge is -2.44. The molecule has 2 saturated heterocycles. The minimum atomic E-state index is -2.58. The van der Waals surface area contributed by atoms with Gasteiger partial charge in [0.05, 0.1) is 11.1 Å². The highest BCUT2D eigenvalue weighted by molar-refractivity contribution is 8.22. The van der Waals surface area contributed by atoms with Gasteiger partial charge in [0.2, 0.25) is 0 Å². The van der Waals surface area contributed by atoms with Crippen LogP contribution in [0.2, 0.25) is 0 Å². The van der Waals surface area contributed by atoms with Crippen LogP contribution in [0.4, 0.5) is 0 Å². The Labute approximate surface area is 166 Å². The van der Waals surface area contributed by atoms with Crippen molar-refractivity contribution in [1.82, 2.24) is 23.9 Å². The molecule has 29 heavy (non-hydrogen) atoms. The van der Waals surface area contributed by atoms with Gasteiger partial charge in [-0.15, -0.1) is 10.8 Å². The smallest absolute Gasteiger partial charge is 0.334 e. The fourth-order valence-corrected chi connectivity index (χ4v) is 6.01. The van der Waals surface area contributed by atoms with Gasteiger partial charge in [-0.2, -0.15) is 0 Å². The van der Waals surface area contributed by atoms with E-state index < -0.39 is 22.0 Å². The van der Waals surface area contributed by atoms with Crippen LogP contribution < -0.4 is 11.2 Å². The number of hydrogen-bond donors (Lipinski definition) is 3. The molecule has 2 fully saturated rings. The molecule has 0 bridgehead atoms. The van der Waals surface area contributed by atoms with Crippen LogP contribution in [0.1, 0.15) is 12.0 Å². The van der Waals surface area contributed by atoms with Gasteiger partial charge in [0.15, 0.2) is 11.4 Å². The Morgan fingerprint density at radius 2 is 2.10 bits per heavy atom. The molecule has 1 atom stereocenters. The molecule has 4 heterocycles. The van der Waals surface area contributed by atoms with Crippen LogP contribution in [-0.2, 0) is 6.54 Å². The number of benzene rings is 1. The monoisotopic (exact) mass is 419 g/mol. The molecule has 0 spiro atoms. The molecule has 11 heteroatoms. The van der Waals surface area contributed by atoms with Crippen LogP contribution in [0.5, 0.6) is 0 Å². The Morgan fingerprint density at radius 3 is 2.93 bits per heavy atom. The van der Waals surface area contributed by atoms with Gasteiger partial charge in [-0.3, -0.25) is 23.8 Å². The lowest BCUT2D eigenvalue weighted by molar-refractivity contribution is 0.132. The maximum atomic E-state index is 12.1. The third kappa shape index (κ3) is 3.30. The van der Waals surface area contributed by atoms with E-state index in [2.05, 4.69) is 15.0 Å². The fourth-order valence-electron chi connectivity index (χ4n) is 4.17. The van der Waals surface area contributed by atoms with Crippen molar-refractivity contribution in [3.63, 3.8) is 0 Å². The van der Waals surface area contributed by atoms with Crippen LogP contribution >= 0.6 is 10.8 Å². The van der Waals surface area contributed by atoms with E-state index in [1.165, 1.54) is 16.8 Å². The topological polar surface area (TPSA) is 128 Å². The number of hydrogen-bond acceptors (Lipinski definition) is 8. The molecule has 2 aliphatic heterocycles. The Balaban J connectivity index is 1.41. The van der Waals surface area contributed by atoms with Crippen molar-refractivity contribution in [1.29, 1.82) is 0 Å². The highest BCUT2D eigenvalue weighted by Gasteiger charge is 2.40. The highest BCUT2D eigenvalue weighted by Crippen LogP contribution is 2.52. The molecule has 2 aromatic heterocycles. The summed E-state index contributed by atoms with van der Waals surface area (Å²) in [6.07, 6.45) is 2.17. The summed E-state index contributed by atoms with van der Waals surface area (Å²) in [5, 5.41) is 4.68. The molecule has 0 aliphatic carbocycles. The SMILES string of the molecule is O=c1ccn(-c2noc3ccc(CN4CCN5C(CCS5(O)O)C4)cc23)c(=O)[nH]1. The number of fused-ring (bicyclic) bond motifs is 2. The number of aromatic amines is 1. The molecule has 0 amide bonds. The summed E-state index contributed by atoms with van der Waals surface area (Å²) in [7, 11) is -2.58. The van der Waals surface area contributed by atoms with Crippen LogP contribution in [0.25, 0.3) is 16.8 Å². The summed E-state index contributed by atoms with van der Waals surface area (Å²) in [4.78, 5) is 27.9. The van der Waals surface area contributed by atoms with Crippen LogP contribution in [0, 0.1) is 0 Å². The van der Waals surface area contributed by atoms with Crippen molar-refractivity contribution in [2.75, 3.05) is 25.4 Å². The Kier molecular flexibility index (Phi) is 4.37. The third-order valence-corrected chi connectivity index (χ3v) is 7.60. The Bertz CT molecular complexity index is 1190. The molecule has 5 rings (SSSR count). The summed E-state index contributed by atoms with van der Waals surface area (Å²) in [6.45, 7) is 2.87. The van der Waals surface area contributed by atoms with Gasteiger partial charge in [0.1, 0.15) is 0 Å². The molecule has 0 saturated carbocycles. The van der Waals surface area contributed by atoms with Crippen molar-refractivity contribution in [3.05, 3.63) is 56.9 Å². The van der Waals surface area contributed by atoms with Crippen molar-refractivity contribution in [2.45, 2.75) is 19.0 Å². The summed E-state index contributed by atoms with van der Waals surface area (Å²) in [6, 6.07) is 7.15. The van der Waals surface area contributed by atoms with Gasteiger partial charge in [0.25, 0.3) is 5.56 Å². The van der Waals surface area contributed by atoms with Gasteiger partial charge < -0.3 is 4.52 Å². The van der Waals surface area contributed by atoms with E-state index in [-0.39, 0.29) is 6.04 Å². The second-order valence-electron chi connectivity index (χ2n) is 7.47. The summed E-state index contributed by atoms with van der Waals surface area (Å²) in [5.74, 6) is 0.785. The molecule has 1 aromatic carbocycles. The number of nitrogens with zero attached hydrogens (tertiary/aromatic N) is 4. The lowest BCUT2D eigenvalue weighted by atomic mass is 10.1. The van der Waals surface area contributed by atoms with Crippen molar-refractivity contribution in [2.24, 2.45) is 0 Å². The number of H-pyrrole nitrogens is 1. The van der Waals surface area contributed by atoms with Gasteiger partial charge >= 0.3 is 5.69 Å². The zero-order valence-corrected chi connectivity index (χ0v) is 16.3. The molecule has 154 valence electrons. The van der Waals surface area contributed by atoms with Gasteiger partial charge in [-0.05, 0) is 24.1 Å². The number of piperazine rings is 1. The summed E-state index contributed by atoms with van der Waals surface area (Å²) < 4.78 is 28.7. The van der Waals surface area contributed by atoms with Gasteiger partial charge in [-0.1, -0.05) is 11.2 Å². The van der Waals surface area contributed by atoms with Crippen molar-refractivity contribution < 1.29 is 13.6 Å².